The molecule has 0 bridgehead atoms. The molecule has 3 rings (SSSR count). The van der Waals surface area contributed by atoms with Gasteiger partial charge in [0.15, 0.2) is 0 Å². The number of nitrogens with zero attached hydrogens (tertiary/aromatic N) is 2. The normalized spacial score (nSPS) is 15.2. The van der Waals surface area contributed by atoms with E-state index in [0.29, 0.717) is 6.04 Å². The molecule has 113 valence electrons. The summed E-state index contributed by atoms with van der Waals surface area (Å²) >= 11 is 0. The van der Waals surface area contributed by atoms with Crippen molar-refractivity contribution in [3.8, 4) is 0 Å². The summed E-state index contributed by atoms with van der Waals surface area (Å²) in [7, 11) is 0. The van der Waals surface area contributed by atoms with Gasteiger partial charge in [0.25, 0.3) is 0 Å². The number of hydrogen-bond acceptors (Lipinski definition) is 2. The van der Waals surface area contributed by atoms with Crippen LogP contribution in [-0.2, 0) is 22.4 Å². The number of benzene rings is 2. The molecule has 0 unspecified atom stereocenters. The first kappa shape index (κ1) is 17.5. The molecule has 0 atom stereocenters. The minimum atomic E-state index is 0. The summed E-state index contributed by atoms with van der Waals surface area (Å²) in [5.74, 6) is 0. The predicted molar refractivity (Wildman–Crippen MR) is 79.6 cm³/mol. The van der Waals surface area contributed by atoms with Gasteiger partial charge in [-0.3, -0.25) is 4.90 Å². The smallest absolute Gasteiger partial charge is 1.00 e. The van der Waals surface area contributed by atoms with Crippen molar-refractivity contribution >= 4 is 16.5 Å². The quantitative estimate of drug-likeness (QED) is 0.594. The second kappa shape index (κ2) is 7.48. The molecule has 20 heavy (non-hydrogen) atoms. The summed E-state index contributed by atoms with van der Waals surface area (Å²) in [5, 5.41) is 2.62. The SMILES string of the molecule is CC(C)N1[CH]N(c2ccc3ccccc3c2)CC1.[Au+].[Cl-].[HH]. The van der Waals surface area contributed by atoms with Gasteiger partial charge in [0.1, 0.15) is 6.67 Å². The van der Waals surface area contributed by atoms with Crippen molar-refractivity contribution in [1.82, 2.24) is 4.90 Å². The monoisotopic (exact) mass is 473 g/mol. The molecule has 0 aromatic heterocycles. The fraction of sp³-hybridized carbons (Fsp3) is 0.312. The van der Waals surface area contributed by atoms with Gasteiger partial charge in [-0.1, -0.05) is 30.3 Å². The molecule has 2 nitrogen and oxygen atoms in total. The van der Waals surface area contributed by atoms with Crippen LogP contribution in [0, 0.1) is 6.67 Å². The average Bonchev–Trinajstić information content (AvgIpc) is 2.88. The number of fused-ring (bicyclic) bond motifs is 1. The largest absolute Gasteiger partial charge is 1.00 e. The fourth-order valence-corrected chi connectivity index (χ4v) is 2.46. The standard InChI is InChI=1S/C16H19N2.Au.ClH.H2/c1-13(2)17-9-10-18(12-17)16-8-7-14-5-3-4-6-15(14)11-16;;;/h3-8,11-13H,9-10H2,1-2H3;;2*1H/q;+1;;/p-1. The molecule has 0 saturated carbocycles. The van der Waals surface area contributed by atoms with Gasteiger partial charge in [-0.15, -0.1) is 0 Å². The first-order chi connectivity index (χ1) is 8.74. The van der Waals surface area contributed by atoms with Gasteiger partial charge < -0.3 is 17.3 Å². The molecule has 1 saturated heterocycles. The molecule has 0 spiro atoms. The van der Waals surface area contributed by atoms with E-state index in [1.165, 1.54) is 16.5 Å². The Morgan fingerprint density at radius 3 is 2.35 bits per heavy atom. The molecule has 0 aliphatic carbocycles. The number of hydrogen-bond donors (Lipinski definition) is 0. The van der Waals surface area contributed by atoms with E-state index in [2.05, 4.69) is 72.8 Å². The molecule has 4 heteroatoms. The summed E-state index contributed by atoms with van der Waals surface area (Å²) in [6.07, 6.45) is 0. The third-order valence-electron chi connectivity index (χ3n) is 3.61. The molecule has 2 aromatic carbocycles. The van der Waals surface area contributed by atoms with E-state index in [1.807, 2.05) is 0 Å². The zero-order valence-electron chi connectivity index (χ0n) is 11.7. The second-order valence-corrected chi connectivity index (χ2v) is 5.17. The minimum absolute atomic E-state index is 0. The summed E-state index contributed by atoms with van der Waals surface area (Å²) in [4.78, 5) is 4.72. The number of rotatable bonds is 2. The molecule has 2 aromatic rings. The van der Waals surface area contributed by atoms with E-state index < -0.39 is 0 Å². The van der Waals surface area contributed by atoms with E-state index in [4.69, 9.17) is 0 Å². The average molecular weight is 474 g/mol. The van der Waals surface area contributed by atoms with Crippen LogP contribution in [0.2, 0.25) is 0 Å². The Balaban J connectivity index is 0.00000133. The third kappa shape index (κ3) is 3.57. The van der Waals surface area contributed by atoms with Gasteiger partial charge >= 0.3 is 22.4 Å². The molecular weight excluding hydrogens is 453 g/mol. The van der Waals surface area contributed by atoms with Crippen LogP contribution < -0.4 is 17.3 Å². The topological polar surface area (TPSA) is 6.48 Å². The Hall–Kier alpha value is -0.510. The van der Waals surface area contributed by atoms with E-state index in [-0.39, 0.29) is 36.2 Å². The van der Waals surface area contributed by atoms with Gasteiger partial charge in [-0.25, -0.2) is 0 Å². The van der Waals surface area contributed by atoms with Crippen molar-refractivity contribution in [2.45, 2.75) is 19.9 Å². The van der Waals surface area contributed by atoms with Crippen LogP contribution in [-0.4, -0.2) is 24.0 Å². The fourth-order valence-electron chi connectivity index (χ4n) is 2.46. The van der Waals surface area contributed by atoms with Crippen LogP contribution in [0.4, 0.5) is 5.69 Å². The maximum atomic E-state index is 2.38. The van der Waals surface area contributed by atoms with Crippen LogP contribution in [0.1, 0.15) is 15.3 Å². The van der Waals surface area contributed by atoms with E-state index in [9.17, 15) is 0 Å². The first-order valence-corrected chi connectivity index (χ1v) is 6.60. The summed E-state index contributed by atoms with van der Waals surface area (Å²) in [6, 6.07) is 15.8. The Kier molecular flexibility index (Phi) is 6.56. The second-order valence-electron chi connectivity index (χ2n) is 5.17. The van der Waals surface area contributed by atoms with Gasteiger partial charge in [0.05, 0.1) is 0 Å². The Labute approximate surface area is 144 Å². The van der Waals surface area contributed by atoms with Gasteiger partial charge in [-0.05, 0) is 36.8 Å². The van der Waals surface area contributed by atoms with Gasteiger partial charge in [0, 0.05) is 26.2 Å². The van der Waals surface area contributed by atoms with Crippen molar-refractivity contribution in [1.29, 1.82) is 0 Å². The van der Waals surface area contributed by atoms with E-state index in [0.717, 1.165) is 13.1 Å². The first-order valence-electron chi connectivity index (χ1n) is 6.60. The van der Waals surface area contributed by atoms with E-state index >= 15 is 0 Å². The molecular formula is C16H21AuClN2. The summed E-state index contributed by atoms with van der Waals surface area (Å²) in [5.41, 5.74) is 1.29. The molecule has 1 radical (unpaired) electrons. The van der Waals surface area contributed by atoms with Gasteiger partial charge in [0.2, 0.25) is 0 Å². The molecule has 1 fully saturated rings. The van der Waals surface area contributed by atoms with Crippen molar-refractivity contribution in [2.75, 3.05) is 18.0 Å². The number of anilines is 1. The van der Waals surface area contributed by atoms with Crippen LogP contribution in [0.25, 0.3) is 10.8 Å². The molecule has 1 heterocycles. The maximum Gasteiger partial charge on any atom is 1.00 e. The van der Waals surface area contributed by atoms with Crippen molar-refractivity contribution in [3.05, 3.63) is 49.1 Å². The summed E-state index contributed by atoms with van der Waals surface area (Å²) in [6.45, 7) is 8.91. The zero-order chi connectivity index (χ0) is 12.5. The third-order valence-corrected chi connectivity index (χ3v) is 3.61. The van der Waals surface area contributed by atoms with Crippen molar-refractivity contribution in [3.63, 3.8) is 0 Å². The molecule has 1 aliphatic heterocycles. The Bertz CT molecular complexity index is 565. The van der Waals surface area contributed by atoms with Crippen LogP contribution >= 0.6 is 0 Å². The number of halogens is 1. The van der Waals surface area contributed by atoms with E-state index in [1.54, 1.807) is 0 Å². The van der Waals surface area contributed by atoms with Crippen LogP contribution in [0.15, 0.2) is 42.5 Å². The molecule has 0 N–H and O–H groups in total. The van der Waals surface area contributed by atoms with Gasteiger partial charge in [-0.2, -0.15) is 0 Å². The minimum Gasteiger partial charge on any atom is -1.00 e. The maximum absolute atomic E-state index is 2.38. The summed E-state index contributed by atoms with van der Waals surface area (Å²) < 4.78 is 0. The van der Waals surface area contributed by atoms with Crippen molar-refractivity contribution in [2.24, 2.45) is 0 Å². The van der Waals surface area contributed by atoms with Crippen LogP contribution in [0.5, 0.6) is 0 Å². The predicted octanol–water partition coefficient (Wildman–Crippen LogP) is 0.737. The van der Waals surface area contributed by atoms with Crippen LogP contribution in [0.3, 0.4) is 0 Å². The Morgan fingerprint density at radius 1 is 1.00 bits per heavy atom. The molecule has 1 aliphatic rings. The van der Waals surface area contributed by atoms with Crippen molar-refractivity contribution < 1.29 is 36.2 Å². The Morgan fingerprint density at radius 2 is 1.70 bits per heavy atom. The molecule has 0 amide bonds. The zero-order valence-corrected chi connectivity index (χ0v) is 14.6.